The zero-order valence-corrected chi connectivity index (χ0v) is 9.46. The van der Waals surface area contributed by atoms with Crippen LogP contribution in [0.25, 0.3) is 0 Å². The minimum absolute atomic E-state index is 0.277. The molecule has 0 aromatic carbocycles. The molecule has 0 aromatic heterocycles. The molecule has 16 heavy (non-hydrogen) atoms. The highest BCUT2D eigenvalue weighted by molar-refractivity contribution is 5.76. The van der Waals surface area contributed by atoms with Crippen molar-refractivity contribution < 1.29 is 23.5 Å². The number of nitrogens with zero attached hydrogens (tertiary/aromatic N) is 1. The van der Waals surface area contributed by atoms with Crippen LogP contribution in [0.3, 0.4) is 0 Å². The number of aliphatic carboxylic acids is 1. The maximum absolute atomic E-state index is 12.0. The Labute approximate surface area is 92.4 Å². The number of halogens is 2. The first-order valence-corrected chi connectivity index (χ1v) is 4.67. The second-order valence-electron chi connectivity index (χ2n) is 4.16. The standard InChI is InChI=1S/C9H16F2N2O3/c1-9(2,4-7(14)15)12-8(16)13(3)5-6(10)11/h6H,4-5H2,1-3H3,(H,12,16)(H,14,15). The van der Waals surface area contributed by atoms with Gasteiger partial charge in [-0.3, -0.25) is 4.79 Å². The average Bonchev–Trinajstić information content (AvgIpc) is 1.98. The highest BCUT2D eigenvalue weighted by atomic mass is 19.3. The van der Waals surface area contributed by atoms with E-state index >= 15 is 0 Å². The Balaban J connectivity index is 4.26. The fourth-order valence-corrected chi connectivity index (χ4v) is 1.10. The molecule has 2 N–H and O–H groups in total. The Morgan fingerprint density at radius 2 is 1.94 bits per heavy atom. The molecule has 0 heterocycles. The lowest BCUT2D eigenvalue weighted by Crippen LogP contribution is -2.50. The molecule has 0 saturated heterocycles. The van der Waals surface area contributed by atoms with Crippen molar-refractivity contribution >= 4 is 12.0 Å². The van der Waals surface area contributed by atoms with E-state index in [0.717, 1.165) is 4.90 Å². The Morgan fingerprint density at radius 3 is 2.31 bits per heavy atom. The molecular formula is C9H16F2N2O3. The Hall–Kier alpha value is -1.40. The first kappa shape index (κ1) is 14.6. The van der Waals surface area contributed by atoms with Crippen molar-refractivity contribution in [2.45, 2.75) is 32.2 Å². The summed E-state index contributed by atoms with van der Waals surface area (Å²) in [7, 11) is 1.22. The predicted molar refractivity (Wildman–Crippen MR) is 53.5 cm³/mol. The third kappa shape index (κ3) is 6.15. The smallest absolute Gasteiger partial charge is 0.317 e. The molecule has 0 atom stereocenters. The van der Waals surface area contributed by atoms with Gasteiger partial charge >= 0.3 is 12.0 Å². The molecule has 0 aliphatic heterocycles. The van der Waals surface area contributed by atoms with Gasteiger partial charge in [-0.1, -0.05) is 0 Å². The fourth-order valence-electron chi connectivity index (χ4n) is 1.10. The third-order valence-electron chi connectivity index (χ3n) is 1.80. The molecule has 5 nitrogen and oxygen atoms in total. The molecule has 0 unspecified atom stereocenters. The van der Waals surface area contributed by atoms with Crippen molar-refractivity contribution in [1.82, 2.24) is 10.2 Å². The molecular weight excluding hydrogens is 222 g/mol. The van der Waals surface area contributed by atoms with Crippen LogP contribution in [0, 0.1) is 0 Å². The van der Waals surface area contributed by atoms with Gasteiger partial charge in [0.25, 0.3) is 6.43 Å². The van der Waals surface area contributed by atoms with Crippen molar-refractivity contribution in [2.75, 3.05) is 13.6 Å². The summed E-state index contributed by atoms with van der Waals surface area (Å²) in [5.41, 5.74) is -0.973. The SMILES string of the molecule is CN(CC(F)F)C(=O)NC(C)(C)CC(=O)O. The first-order valence-electron chi connectivity index (χ1n) is 4.67. The highest BCUT2D eigenvalue weighted by Gasteiger charge is 2.25. The van der Waals surface area contributed by atoms with E-state index in [1.807, 2.05) is 0 Å². The van der Waals surface area contributed by atoms with Gasteiger partial charge < -0.3 is 15.3 Å². The van der Waals surface area contributed by atoms with Gasteiger partial charge in [0, 0.05) is 12.6 Å². The number of hydrogen-bond donors (Lipinski definition) is 2. The lowest BCUT2D eigenvalue weighted by molar-refractivity contribution is -0.138. The molecule has 0 spiro atoms. The van der Waals surface area contributed by atoms with Crippen molar-refractivity contribution in [2.24, 2.45) is 0 Å². The van der Waals surface area contributed by atoms with E-state index in [-0.39, 0.29) is 6.42 Å². The molecule has 0 radical (unpaired) electrons. The topological polar surface area (TPSA) is 69.6 Å². The second kappa shape index (κ2) is 5.62. The van der Waals surface area contributed by atoms with E-state index in [9.17, 15) is 18.4 Å². The van der Waals surface area contributed by atoms with E-state index in [1.165, 1.54) is 20.9 Å². The van der Waals surface area contributed by atoms with Gasteiger partial charge in [-0.2, -0.15) is 0 Å². The molecule has 7 heteroatoms. The number of nitrogens with one attached hydrogen (secondary N) is 1. The molecule has 0 rings (SSSR count). The van der Waals surface area contributed by atoms with E-state index in [1.54, 1.807) is 0 Å². The van der Waals surface area contributed by atoms with Gasteiger partial charge in [0.15, 0.2) is 0 Å². The predicted octanol–water partition coefficient (Wildman–Crippen LogP) is 1.15. The molecule has 0 aromatic rings. The normalized spacial score (nSPS) is 11.4. The third-order valence-corrected chi connectivity index (χ3v) is 1.80. The number of amides is 2. The number of rotatable bonds is 5. The number of carboxylic acid groups (broad SMARTS) is 1. The summed E-state index contributed by atoms with van der Waals surface area (Å²) in [5, 5.41) is 10.9. The van der Waals surface area contributed by atoms with Gasteiger partial charge in [0.05, 0.1) is 13.0 Å². The molecule has 2 amide bonds. The van der Waals surface area contributed by atoms with Crippen LogP contribution >= 0.6 is 0 Å². The largest absolute Gasteiger partial charge is 0.481 e. The number of carbonyl (C=O) groups is 2. The molecule has 0 aliphatic rings. The molecule has 0 fully saturated rings. The van der Waals surface area contributed by atoms with E-state index in [4.69, 9.17) is 5.11 Å². The lowest BCUT2D eigenvalue weighted by Gasteiger charge is -2.27. The summed E-state index contributed by atoms with van der Waals surface area (Å²) in [6, 6.07) is -0.716. The molecule has 0 bridgehead atoms. The van der Waals surface area contributed by atoms with Gasteiger partial charge in [0.1, 0.15) is 0 Å². The Kier molecular flexibility index (Phi) is 5.13. The van der Waals surface area contributed by atoms with Crippen LogP contribution in [0.1, 0.15) is 20.3 Å². The van der Waals surface area contributed by atoms with Crippen LogP contribution in [-0.2, 0) is 4.79 Å². The minimum atomic E-state index is -2.61. The van der Waals surface area contributed by atoms with Crippen molar-refractivity contribution in [3.8, 4) is 0 Å². The van der Waals surface area contributed by atoms with Crippen LogP contribution in [0.4, 0.5) is 13.6 Å². The average molecular weight is 238 g/mol. The second-order valence-corrected chi connectivity index (χ2v) is 4.16. The van der Waals surface area contributed by atoms with Crippen LogP contribution in [0.2, 0.25) is 0 Å². The summed E-state index contributed by atoms with van der Waals surface area (Å²) in [6.45, 7) is 2.33. The summed E-state index contributed by atoms with van der Waals surface area (Å²) in [5.74, 6) is -1.07. The van der Waals surface area contributed by atoms with Crippen LogP contribution in [-0.4, -0.2) is 47.6 Å². The highest BCUT2D eigenvalue weighted by Crippen LogP contribution is 2.09. The maximum atomic E-state index is 12.0. The van der Waals surface area contributed by atoms with E-state index < -0.39 is 30.5 Å². The van der Waals surface area contributed by atoms with Crippen LogP contribution in [0.15, 0.2) is 0 Å². The van der Waals surface area contributed by atoms with Crippen molar-refractivity contribution in [1.29, 1.82) is 0 Å². The van der Waals surface area contributed by atoms with Gasteiger partial charge in [0.2, 0.25) is 0 Å². The van der Waals surface area contributed by atoms with Gasteiger partial charge in [-0.15, -0.1) is 0 Å². The van der Waals surface area contributed by atoms with Crippen LogP contribution < -0.4 is 5.32 Å². The summed E-state index contributed by atoms with van der Waals surface area (Å²) < 4.78 is 23.9. The lowest BCUT2D eigenvalue weighted by atomic mass is 10.0. The van der Waals surface area contributed by atoms with E-state index in [0.29, 0.717) is 0 Å². The summed E-state index contributed by atoms with van der Waals surface area (Å²) >= 11 is 0. The first-order chi connectivity index (χ1) is 7.14. The molecule has 0 aliphatic carbocycles. The quantitative estimate of drug-likeness (QED) is 0.754. The molecule has 0 saturated carbocycles. The van der Waals surface area contributed by atoms with Gasteiger partial charge in [-0.05, 0) is 13.8 Å². The van der Waals surface area contributed by atoms with Crippen LogP contribution in [0.5, 0.6) is 0 Å². The zero-order valence-electron chi connectivity index (χ0n) is 9.46. The fraction of sp³-hybridized carbons (Fsp3) is 0.778. The Morgan fingerprint density at radius 1 is 1.44 bits per heavy atom. The zero-order chi connectivity index (χ0) is 12.9. The van der Waals surface area contributed by atoms with E-state index in [2.05, 4.69) is 5.32 Å². The van der Waals surface area contributed by atoms with Crippen molar-refractivity contribution in [3.63, 3.8) is 0 Å². The Bertz CT molecular complexity index is 269. The number of carbonyl (C=O) groups excluding carboxylic acids is 1. The van der Waals surface area contributed by atoms with Crippen molar-refractivity contribution in [3.05, 3.63) is 0 Å². The van der Waals surface area contributed by atoms with Gasteiger partial charge in [-0.25, -0.2) is 13.6 Å². The number of urea groups is 1. The maximum Gasteiger partial charge on any atom is 0.317 e. The summed E-state index contributed by atoms with van der Waals surface area (Å²) in [6.07, 6.45) is -2.89. The number of alkyl halides is 2. The monoisotopic (exact) mass is 238 g/mol. The minimum Gasteiger partial charge on any atom is -0.481 e. The number of hydrogen-bond acceptors (Lipinski definition) is 2. The number of carboxylic acids is 1. The molecule has 94 valence electrons. The summed E-state index contributed by atoms with van der Waals surface area (Å²) in [4.78, 5) is 22.6.